The lowest BCUT2D eigenvalue weighted by Crippen LogP contribution is -3.00. The number of hydrogen-bond acceptors (Lipinski definition) is 0. The van der Waals surface area contributed by atoms with E-state index in [4.69, 9.17) is 0 Å². The van der Waals surface area contributed by atoms with Gasteiger partial charge in [-0.3, -0.25) is 0 Å². The van der Waals surface area contributed by atoms with Gasteiger partial charge in [0.05, 0.1) is 26.7 Å². The zero-order chi connectivity index (χ0) is 13.1. The molecule has 0 bridgehead atoms. The Morgan fingerprint density at radius 1 is 0.684 bits per heavy atom. The first kappa shape index (κ1) is 18.9. The molecule has 0 aromatic rings. The van der Waals surface area contributed by atoms with E-state index in [1.54, 1.807) is 0 Å². The summed E-state index contributed by atoms with van der Waals surface area (Å²) in [4.78, 5) is 0. The first-order valence-electron chi connectivity index (χ1n) is 8.60. The second kappa shape index (κ2) is 11.7. The highest BCUT2D eigenvalue weighted by Crippen LogP contribution is 2.18. The number of halogens is 1. The number of hydrogen-bond donors (Lipinski definition) is 0. The fourth-order valence-corrected chi connectivity index (χ4v) is 3.30. The molecule has 1 nitrogen and oxygen atoms in total. The van der Waals surface area contributed by atoms with Crippen LogP contribution in [0, 0.1) is 0 Å². The van der Waals surface area contributed by atoms with Gasteiger partial charge in [0.1, 0.15) is 0 Å². The highest BCUT2D eigenvalue weighted by atomic mass is 19.0. The average Bonchev–Trinajstić information content (AvgIpc) is 2.79. The second-order valence-electron chi connectivity index (χ2n) is 6.68. The third-order valence-electron chi connectivity index (χ3n) is 4.70. The van der Waals surface area contributed by atoms with E-state index in [9.17, 15) is 0 Å². The molecule has 1 saturated heterocycles. The van der Waals surface area contributed by atoms with Crippen molar-refractivity contribution in [2.24, 2.45) is 0 Å². The second-order valence-corrected chi connectivity index (χ2v) is 6.68. The standard InChI is InChI=1S/C17H36N.FH/c1-3-4-5-6-7-8-9-10-11-12-15-18(2)16-13-14-17-18;/h3-17H2,1-2H3;1H/q+1;/p-1. The van der Waals surface area contributed by atoms with E-state index in [0.717, 1.165) is 0 Å². The molecule has 1 fully saturated rings. The van der Waals surface area contributed by atoms with Gasteiger partial charge in [0.2, 0.25) is 0 Å². The van der Waals surface area contributed by atoms with Crippen LogP contribution in [0.25, 0.3) is 0 Å². The van der Waals surface area contributed by atoms with E-state index in [2.05, 4.69) is 14.0 Å². The van der Waals surface area contributed by atoms with E-state index in [-0.39, 0.29) is 4.70 Å². The predicted octanol–water partition coefficient (Wildman–Crippen LogP) is 2.15. The molecule has 0 spiro atoms. The molecule has 19 heavy (non-hydrogen) atoms. The molecule has 1 rings (SSSR count). The normalized spacial score (nSPS) is 17.4. The fraction of sp³-hybridized carbons (Fsp3) is 1.00. The lowest BCUT2D eigenvalue weighted by Gasteiger charge is -2.29. The van der Waals surface area contributed by atoms with Crippen molar-refractivity contribution in [3.63, 3.8) is 0 Å². The predicted molar refractivity (Wildman–Crippen MR) is 81.9 cm³/mol. The van der Waals surface area contributed by atoms with Crippen molar-refractivity contribution in [1.82, 2.24) is 0 Å². The molecule has 0 radical (unpaired) electrons. The molecule has 2 heteroatoms. The minimum Gasteiger partial charge on any atom is -1.00 e. The van der Waals surface area contributed by atoms with Gasteiger partial charge in [-0.25, -0.2) is 0 Å². The van der Waals surface area contributed by atoms with Crippen LogP contribution in [-0.4, -0.2) is 31.2 Å². The molecular weight excluding hydrogens is 237 g/mol. The van der Waals surface area contributed by atoms with Crippen molar-refractivity contribution < 1.29 is 9.19 Å². The van der Waals surface area contributed by atoms with E-state index in [1.165, 1.54) is 101 Å². The molecule has 0 saturated carbocycles. The Morgan fingerprint density at radius 2 is 1.11 bits per heavy atom. The van der Waals surface area contributed by atoms with Gasteiger partial charge < -0.3 is 9.19 Å². The summed E-state index contributed by atoms with van der Waals surface area (Å²) in [5, 5.41) is 0. The summed E-state index contributed by atoms with van der Waals surface area (Å²) in [6, 6.07) is 0. The Kier molecular flexibility index (Phi) is 11.6. The molecular formula is C17H36FN. The maximum atomic E-state index is 2.46. The number of rotatable bonds is 11. The Hall–Kier alpha value is -0.110. The summed E-state index contributed by atoms with van der Waals surface area (Å²) >= 11 is 0. The maximum Gasteiger partial charge on any atom is 0.0786 e. The van der Waals surface area contributed by atoms with Crippen LogP contribution in [-0.2, 0) is 0 Å². The van der Waals surface area contributed by atoms with Crippen LogP contribution in [0.15, 0.2) is 0 Å². The van der Waals surface area contributed by atoms with Crippen molar-refractivity contribution in [2.75, 3.05) is 26.7 Å². The van der Waals surface area contributed by atoms with Gasteiger partial charge in [-0.1, -0.05) is 58.3 Å². The first-order chi connectivity index (χ1) is 8.77. The Bertz CT molecular complexity index is 188. The van der Waals surface area contributed by atoms with Crippen LogP contribution in [0.2, 0.25) is 0 Å². The monoisotopic (exact) mass is 273 g/mol. The molecule has 0 aliphatic carbocycles. The van der Waals surface area contributed by atoms with E-state index in [1.807, 2.05) is 0 Å². The van der Waals surface area contributed by atoms with Crippen molar-refractivity contribution in [3.05, 3.63) is 0 Å². The zero-order valence-electron chi connectivity index (χ0n) is 13.4. The number of unbranched alkanes of at least 4 members (excludes halogenated alkanes) is 9. The molecule has 0 unspecified atom stereocenters. The third-order valence-corrected chi connectivity index (χ3v) is 4.70. The van der Waals surface area contributed by atoms with Gasteiger partial charge in [0.25, 0.3) is 0 Å². The third kappa shape index (κ3) is 9.43. The molecule has 0 aromatic heterocycles. The molecule has 0 atom stereocenters. The summed E-state index contributed by atoms with van der Waals surface area (Å²) in [5.41, 5.74) is 0. The number of likely N-dealkylation sites (tertiary alicyclic amines) is 1. The van der Waals surface area contributed by atoms with Gasteiger partial charge >= 0.3 is 0 Å². The lowest BCUT2D eigenvalue weighted by atomic mass is 10.1. The van der Waals surface area contributed by atoms with E-state index in [0.29, 0.717) is 0 Å². The molecule has 1 aliphatic heterocycles. The molecule has 116 valence electrons. The van der Waals surface area contributed by atoms with Crippen molar-refractivity contribution in [3.8, 4) is 0 Å². The van der Waals surface area contributed by atoms with Gasteiger partial charge in [0.15, 0.2) is 0 Å². The summed E-state index contributed by atoms with van der Waals surface area (Å²) < 4.78 is 1.37. The van der Waals surface area contributed by atoms with E-state index < -0.39 is 0 Å². The van der Waals surface area contributed by atoms with Crippen LogP contribution in [0.1, 0.15) is 84.0 Å². The lowest BCUT2D eigenvalue weighted by molar-refractivity contribution is -0.897. The van der Waals surface area contributed by atoms with Crippen LogP contribution in [0.4, 0.5) is 0 Å². The van der Waals surface area contributed by atoms with Gasteiger partial charge in [-0.05, 0) is 12.8 Å². The average molecular weight is 273 g/mol. The van der Waals surface area contributed by atoms with Crippen molar-refractivity contribution in [1.29, 1.82) is 0 Å². The van der Waals surface area contributed by atoms with Gasteiger partial charge in [0, 0.05) is 12.8 Å². The smallest absolute Gasteiger partial charge is 0.0786 e. The SMILES string of the molecule is CCCCCCCCCCCC[N+]1(C)CCCC1.[F-]. The van der Waals surface area contributed by atoms with Crippen molar-refractivity contribution in [2.45, 2.75) is 84.0 Å². The number of quaternary nitrogens is 1. The zero-order valence-corrected chi connectivity index (χ0v) is 13.4. The summed E-state index contributed by atoms with van der Waals surface area (Å²) in [6.45, 7) is 6.62. The quantitative estimate of drug-likeness (QED) is 0.400. The highest BCUT2D eigenvalue weighted by Gasteiger charge is 2.25. The molecule has 1 aliphatic rings. The van der Waals surface area contributed by atoms with Crippen LogP contribution < -0.4 is 4.70 Å². The molecule has 0 amide bonds. The van der Waals surface area contributed by atoms with Crippen LogP contribution in [0.5, 0.6) is 0 Å². The minimum atomic E-state index is 0. The van der Waals surface area contributed by atoms with Gasteiger partial charge in [-0.2, -0.15) is 0 Å². The summed E-state index contributed by atoms with van der Waals surface area (Å²) in [7, 11) is 2.46. The number of nitrogens with zero attached hydrogens (tertiary/aromatic N) is 1. The fourth-order valence-electron chi connectivity index (χ4n) is 3.30. The minimum absolute atomic E-state index is 0. The van der Waals surface area contributed by atoms with Gasteiger partial charge in [-0.15, -0.1) is 0 Å². The Morgan fingerprint density at radius 3 is 1.58 bits per heavy atom. The molecule has 0 N–H and O–H groups in total. The van der Waals surface area contributed by atoms with E-state index >= 15 is 0 Å². The Balaban J connectivity index is 0.00000324. The first-order valence-corrected chi connectivity index (χ1v) is 8.60. The van der Waals surface area contributed by atoms with Crippen LogP contribution >= 0.6 is 0 Å². The Labute approximate surface area is 120 Å². The summed E-state index contributed by atoms with van der Waals surface area (Å²) in [5.74, 6) is 0. The molecule has 0 aromatic carbocycles. The topological polar surface area (TPSA) is 0 Å². The summed E-state index contributed by atoms with van der Waals surface area (Å²) in [6.07, 6.45) is 17.5. The van der Waals surface area contributed by atoms with Crippen molar-refractivity contribution >= 4 is 0 Å². The largest absolute Gasteiger partial charge is 1.00 e. The van der Waals surface area contributed by atoms with Crippen LogP contribution in [0.3, 0.4) is 0 Å². The maximum absolute atomic E-state index is 2.46. The highest BCUT2D eigenvalue weighted by molar-refractivity contribution is 4.53. The molecule has 1 heterocycles.